The van der Waals surface area contributed by atoms with E-state index in [1.807, 2.05) is 33.8 Å². The molecule has 98 valence electrons. The number of amides is 1. The molecule has 0 radical (unpaired) electrons. The summed E-state index contributed by atoms with van der Waals surface area (Å²) in [5, 5.41) is 4.46. The zero-order valence-corrected chi connectivity index (χ0v) is 11.9. The number of nitrogens with zero attached hydrogens (tertiary/aromatic N) is 3. The Labute approximate surface area is 111 Å². The van der Waals surface area contributed by atoms with Crippen molar-refractivity contribution in [1.82, 2.24) is 15.4 Å². The van der Waals surface area contributed by atoms with Crippen molar-refractivity contribution in [1.29, 1.82) is 0 Å². The standard InChI is InChI=1S/C12H18N4OS/c1-8(2)6-13-16-11(17)7-18-12-14-9(3)5-10(4)15-12/h5-6,8H,7H2,1-4H3,(H,16,17). The minimum absolute atomic E-state index is 0.153. The van der Waals surface area contributed by atoms with Gasteiger partial charge in [0.25, 0.3) is 5.91 Å². The van der Waals surface area contributed by atoms with Gasteiger partial charge in [0.15, 0.2) is 5.16 Å². The predicted octanol–water partition coefficient (Wildman–Crippen LogP) is 1.94. The molecule has 0 unspecified atom stereocenters. The molecular weight excluding hydrogens is 248 g/mol. The summed E-state index contributed by atoms with van der Waals surface area (Å²) in [4.78, 5) is 20.0. The second kappa shape index (κ2) is 7.10. The lowest BCUT2D eigenvalue weighted by molar-refractivity contribution is -0.118. The molecule has 0 saturated carbocycles. The summed E-state index contributed by atoms with van der Waals surface area (Å²) in [5.74, 6) is 0.429. The van der Waals surface area contributed by atoms with Crippen LogP contribution in [-0.4, -0.2) is 27.8 Å². The number of thioether (sulfide) groups is 1. The summed E-state index contributed by atoms with van der Waals surface area (Å²) < 4.78 is 0. The third kappa shape index (κ3) is 5.77. The number of nitrogens with one attached hydrogen (secondary N) is 1. The van der Waals surface area contributed by atoms with Crippen LogP contribution in [0.2, 0.25) is 0 Å². The molecule has 0 bridgehead atoms. The molecule has 1 aromatic heterocycles. The van der Waals surface area contributed by atoms with Gasteiger partial charge in [-0.2, -0.15) is 5.10 Å². The number of aromatic nitrogens is 2. The molecule has 1 aromatic rings. The maximum atomic E-state index is 11.5. The number of aryl methyl sites for hydroxylation is 2. The minimum atomic E-state index is -0.153. The largest absolute Gasteiger partial charge is 0.272 e. The smallest absolute Gasteiger partial charge is 0.250 e. The van der Waals surface area contributed by atoms with E-state index in [9.17, 15) is 4.79 Å². The number of hydrazone groups is 1. The quantitative estimate of drug-likeness (QED) is 0.383. The third-order valence-electron chi connectivity index (χ3n) is 1.86. The highest BCUT2D eigenvalue weighted by atomic mass is 32.2. The van der Waals surface area contributed by atoms with E-state index in [2.05, 4.69) is 20.5 Å². The van der Waals surface area contributed by atoms with Crippen LogP contribution in [0.5, 0.6) is 0 Å². The van der Waals surface area contributed by atoms with Gasteiger partial charge < -0.3 is 0 Å². The first-order chi connectivity index (χ1) is 8.47. The zero-order chi connectivity index (χ0) is 13.5. The highest BCUT2D eigenvalue weighted by Gasteiger charge is 2.05. The van der Waals surface area contributed by atoms with Crippen LogP contribution in [-0.2, 0) is 4.79 Å². The Morgan fingerprint density at radius 3 is 2.61 bits per heavy atom. The number of hydrogen-bond acceptors (Lipinski definition) is 5. The second-order valence-electron chi connectivity index (χ2n) is 4.28. The fourth-order valence-corrected chi connectivity index (χ4v) is 1.92. The Bertz CT molecular complexity index is 425. The van der Waals surface area contributed by atoms with Crippen LogP contribution in [0.15, 0.2) is 16.3 Å². The van der Waals surface area contributed by atoms with E-state index in [0.717, 1.165) is 11.4 Å². The van der Waals surface area contributed by atoms with Crippen LogP contribution in [0.4, 0.5) is 0 Å². The van der Waals surface area contributed by atoms with E-state index in [-0.39, 0.29) is 11.7 Å². The van der Waals surface area contributed by atoms with Crippen molar-refractivity contribution in [2.24, 2.45) is 11.0 Å². The molecule has 0 aliphatic rings. The molecular formula is C12H18N4OS. The molecule has 0 aliphatic carbocycles. The molecule has 1 amide bonds. The Balaban J connectivity index is 2.42. The van der Waals surface area contributed by atoms with Crippen molar-refractivity contribution in [3.05, 3.63) is 17.5 Å². The summed E-state index contributed by atoms with van der Waals surface area (Å²) in [6.07, 6.45) is 1.69. The van der Waals surface area contributed by atoms with Gasteiger partial charge >= 0.3 is 0 Å². The number of rotatable bonds is 5. The summed E-state index contributed by atoms with van der Waals surface area (Å²) >= 11 is 1.31. The monoisotopic (exact) mass is 266 g/mol. The molecule has 6 heteroatoms. The van der Waals surface area contributed by atoms with Crippen LogP contribution in [0.3, 0.4) is 0 Å². The fraction of sp³-hybridized carbons (Fsp3) is 0.500. The van der Waals surface area contributed by atoms with Gasteiger partial charge in [-0.1, -0.05) is 25.6 Å². The lowest BCUT2D eigenvalue weighted by atomic mass is 10.3. The average molecular weight is 266 g/mol. The first kappa shape index (κ1) is 14.6. The van der Waals surface area contributed by atoms with Crippen molar-refractivity contribution in [2.45, 2.75) is 32.9 Å². The molecule has 1 rings (SSSR count). The Hall–Kier alpha value is -1.43. The van der Waals surface area contributed by atoms with E-state index in [1.54, 1.807) is 6.21 Å². The highest BCUT2D eigenvalue weighted by molar-refractivity contribution is 7.99. The maximum Gasteiger partial charge on any atom is 0.250 e. The van der Waals surface area contributed by atoms with E-state index in [4.69, 9.17) is 0 Å². The van der Waals surface area contributed by atoms with E-state index >= 15 is 0 Å². The van der Waals surface area contributed by atoms with Crippen molar-refractivity contribution < 1.29 is 4.79 Å². The Kier molecular flexibility index (Phi) is 5.77. The van der Waals surface area contributed by atoms with Crippen LogP contribution < -0.4 is 5.43 Å². The van der Waals surface area contributed by atoms with Gasteiger partial charge in [-0.15, -0.1) is 0 Å². The summed E-state index contributed by atoms with van der Waals surface area (Å²) in [5.41, 5.74) is 4.28. The molecule has 0 spiro atoms. The van der Waals surface area contributed by atoms with Crippen molar-refractivity contribution >= 4 is 23.9 Å². The molecule has 1 N–H and O–H groups in total. The number of carbonyl (C=O) groups excluding carboxylic acids is 1. The van der Waals surface area contributed by atoms with E-state index in [0.29, 0.717) is 11.1 Å². The normalized spacial score (nSPS) is 11.2. The van der Waals surface area contributed by atoms with Crippen LogP contribution >= 0.6 is 11.8 Å². The first-order valence-electron chi connectivity index (χ1n) is 5.74. The molecule has 18 heavy (non-hydrogen) atoms. The number of hydrogen-bond donors (Lipinski definition) is 1. The third-order valence-corrected chi connectivity index (χ3v) is 2.70. The maximum absolute atomic E-state index is 11.5. The highest BCUT2D eigenvalue weighted by Crippen LogP contribution is 2.13. The van der Waals surface area contributed by atoms with Gasteiger partial charge in [-0.25, -0.2) is 15.4 Å². The van der Waals surface area contributed by atoms with Crippen LogP contribution in [0.1, 0.15) is 25.2 Å². The SMILES string of the molecule is Cc1cc(C)nc(SCC(=O)NN=CC(C)C)n1. The molecule has 5 nitrogen and oxygen atoms in total. The lowest BCUT2D eigenvalue weighted by Gasteiger charge is -2.02. The molecule has 0 aliphatic heterocycles. The number of carbonyl (C=O) groups is 1. The molecule has 0 fully saturated rings. The van der Waals surface area contributed by atoms with Gasteiger partial charge in [-0.05, 0) is 25.8 Å². The molecule has 1 heterocycles. The summed E-state index contributed by atoms with van der Waals surface area (Å²) in [7, 11) is 0. The predicted molar refractivity (Wildman–Crippen MR) is 73.7 cm³/mol. The van der Waals surface area contributed by atoms with Crippen molar-refractivity contribution in [3.63, 3.8) is 0 Å². The van der Waals surface area contributed by atoms with Gasteiger partial charge in [0.2, 0.25) is 0 Å². The zero-order valence-electron chi connectivity index (χ0n) is 11.1. The first-order valence-corrected chi connectivity index (χ1v) is 6.73. The average Bonchev–Trinajstić information content (AvgIpc) is 2.24. The minimum Gasteiger partial charge on any atom is -0.272 e. The van der Waals surface area contributed by atoms with Crippen LogP contribution in [0.25, 0.3) is 0 Å². The van der Waals surface area contributed by atoms with Gasteiger partial charge in [0.1, 0.15) is 0 Å². The molecule has 0 aromatic carbocycles. The van der Waals surface area contributed by atoms with Crippen LogP contribution in [0, 0.1) is 19.8 Å². The topological polar surface area (TPSA) is 67.2 Å². The molecule has 0 saturated heterocycles. The Morgan fingerprint density at radius 2 is 2.06 bits per heavy atom. The van der Waals surface area contributed by atoms with Gasteiger partial charge in [0, 0.05) is 17.6 Å². The van der Waals surface area contributed by atoms with Crippen molar-refractivity contribution in [2.75, 3.05) is 5.75 Å². The second-order valence-corrected chi connectivity index (χ2v) is 5.22. The summed E-state index contributed by atoms with van der Waals surface area (Å²) in [6.45, 7) is 7.80. The van der Waals surface area contributed by atoms with Crippen molar-refractivity contribution in [3.8, 4) is 0 Å². The molecule has 0 atom stereocenters. The van der Waals surface area contributed by atoms with Gasteiger partial charge in [-0.3, -0.25) is 4.79 Å². The van der Waals surface area contributed by atoms with E-state index in [1.165, 1.54) is 11.8 Å². The lowest BCUT2D eigenvalue weighted by Crippen LogP contribution is -2.20. The Morgan fingerprint density at radius 1 is 1.44 bits per heavy atom. The summed E-state index contributed by atoms with van der Waals surface area (Å²) in [6, 6.07) is 1.90. The van der Waals surface area contributed by atoms with Gasteiger partial charge in [0.05, 0.1) is 5.75 Å². The van der Waals surface area contributed by atoms with E-state index < -0.39 is 0 Å². The fourth-order valence-electron chi connectivity index (χ4n) is 1.18.